The molecule has 0 aromatic heterocycles. The van der Waals surface area contributed by atoms with Gasteiger partial charge in [0.2, 0.25) is 0 Å². The molecule has 92 valence electrons. The highest BCUT2D eigenvalue weighted by Crippen LogP contribution is 2.36. The van der Waals surface area contributed by atoms with Crippen LogP contribution in [0, 0.1) is 0 Å². The van der Waals surface area contributed by atoms with Crippen LogP contribution in [0.1, 0.15) is 30.9 Å². The minimum absolute atomic E-state index is 0.492. The molecule has 0 bridgehead atoms. The Morgan fingerprint density at radius 1 is 1.35 bits per heavy atom. The van der Waals surface area contributed by atoms with Crippen LogP contribution in [-0.4, -0.2) is 23.7 Å². The largest absolute Gasteiger partial charge is 0.398 e. The van der Waals surface area contributed by atoms with Crippen molar-refractivity contribution in [2.75, 3.05) is 12.3 Å². The molecule has 0 amide bonds. The van der Waals surface area contributed by atoms with Crippen LogP contribution in [0.2, 0.25) is 0 Å². The Bertz CT molecular complexity index is 413. The van der Waals surface area contributed by atoms with E-state index in [1.165, 1.54) is 24.0 Å². The van der Waals surface area contributed by atoms with E-state index in [2.05, 4.69) is 24.0 Å². The summed E-state index contributed by atoms with van der Waals surface area (Å²) in [5.74, 6) is 0. The molecule has 0 atom stereocenters. The van der Waals surface area contributed by atoms with Crippen LogP contribution in [0.4, 0.5) is 5.69 Å². The first-order valence-electron chi connectivity index (χ1n) is 6.49. The molecule has 17 heavy (non-hydrogen) atoms. The van der Waals surface area contributed by atoms with Gasteiger partial charge >= 0.3 is 0 Å². The monoisotopic (exact) mass is 232 g/mol. The molecule has 0 radical (unpaired) electrons. The predicted octanol–water partition coefficient (Wildman–Crippen LogP) is 2.15. The number of hydrogen-bond acceptors (Lipinski definition) is 3. The third-order valence-corrected chi connectivity index (χ3v) is 4.03. The van der Waals surface area contributed by atoms with Crippen LogP contribution in [0.3, 0.4) is 0 Å². The van der Waals surface area contributed by atoms with E-state index in [0.717, 1.165) is 25.4 Å². The summed E-state index contributed by atoms with van der Waals surface area (Å²) in [6.07, 6.45) is 2.86. The summed E-state index contributed by atoms with van der Waals surface area (Å²) in [6.45, 7) is 4.99. The number of fused-ring (bicyclic) bond motifs is 1. The lowest BCUT2D eigenvalue weighted by atomic mass is 9.88. The summed E-state index contributed by atoms with van der Waals surface area (Å²) >= 11 is 0. The molecule has 1 aliphatic heterocycles. The van der Waals surface area contributed by atoms with Crippen molar-refractivity contribution in [1.82, 2.24) is 4.90 Å². The zero-order chi connectivity index (χ0) is 11.8. The Morgan fingerprint density at radius 2 is 2.18 bits per heavy atom. The fourth-order valence-corrected chi connectivity index (χ4v) is 2.94. The van der Waals surface area contributed by atoms with Gasteiger partial charge in [-0.25, -0.2) is 0 Å². The molecule has 1 aromatic carbocycles. The van der Waals surface area contributed by atoms with Crippen LogP contribution in [-0.2, 0) is 17.8 Å². The topological polar surface area (TPSA) is 38.5 Å². The van der Waals surface area contributed by atoms with E-state index < -0.39 is 0 Å². The Hall–Kier alpha value is -1.06. The molecule has 0 saturated heterocycles. The highest BCUT2D eigenvalue weighted by atomic mass is 16.5. The van der Waals surface area contributed by atoms with Crippen LogP contribution in [0.5, 0.6) is 0 Å². The lowest BCUT2D eigenvalue weighted by Crippen LogP contribution is -2.45. The van der Waals surface area contributed by atoms with Crippen molar-refractivity contribution in [3.05, 3.63) is 29.3 Å². The summed E-state index contributed by atoms with van der Waals surface area (Å²) in [5.41, 5.74) is 9.71. The van der Waals surface area contributed by atoms with Gasteiger partial charge in [-0.3, -0.25) is 4.90 Å². The average molecular weight is 232 g/mol. The number of ether oxygens (including phenoxy) is 1. The maximum atomic E-state index is 6.02. The number of hydrogen-bond donors (Lipinski definition) is 1. The smallest absolute Gasteiger partial charge is 0.0604 e. The lowest BCUT2D eigenvalue weighted by molar-refractivity contribution is -0.0478. The fraction of sp³-hybridized carbons (Fsp3) is 0.571. The van der Waals surface area contributed by atoms with E-state index in [1.807, 2.05) is 6.07 Å². The molecule has 0 spiro atoms. The van der Waals surface area contributed by atoms with Gasteiger partial charge in [0.05, 0.1) is 6.10 Å². The SMILES string of the molecule is CCOC1CC(N2Cc3cccc(N)c3C2)C1. The van der Waals surface area contributed by atoms with E-state index in [0.29, 0.717) is 12.1 Å². The maximum Gasteiger partial charge on any atom is 0.0604 e. The van der Waals surface area contributed by atoms with Crippen molar-refractivity contribution in [2.24, 2.45) is 0 Å². The maximum absolute atomic E-state index is 6.02. The Labute approximate surface area is 103 Å². The van der Waals surface area contributed by atoms with E-state index in [4.69, 9.17) is 10.5 Å². The van der Waals surface area contributed by atoms with Gasteiger partial charge in [-0.1, -0.05) is 12.1 Å². The molecule has 3 nitrogen and oxygen atoms in total. The number of nitrogens with zero attached hydrogens (tertiary/aromatic N) is 1. The molecule has 1 aliphatic carbocycles. The zero-order valence-electron chi connectivity index (χ0n) is 10.4. The fourth-order valence-electron chi connectivity index (χ4n) is 2.94. The molecule has 1 aromatic rings. The zero-order valence-corrected chi connectivity index (χ0v) is 10.4. The summed E-state index contributed by atoms with van der Waals surface area (Å²) in [7, 11) is 0. The van der Waals surface area contributed by atoms with Crippen molar-refractivity contribution in [1.29, 1.82) is 0 Å². The van der Waals surface area contributed by atoms with Gasteiger partial charge in [0.1, 0.15) is 0 Å². The van der Waals surface area contributed by atoms with Crippen LogP contribution in [0.25, 0.3) is 0 Å². The van der Waals surface area contributed by atoms with Crippen LogP contribution < -0.4 is 5.73 Å². The molecule has 3 heteroatoms. The van der Waals surface area contributed by atoms with Gasteiger partial charge < -0.3 is 10.5 Å². The molecule has 0 unspecified atom stereocenters. The standard InChI is InChI=1S/C14H20N2O/c1-2-17-12-6-11(7-12)16-8-10-4-3-5-14(15)13(10)9-16/h3-5,11-12H,2,6-9,15H2,1H3. The number of anilines is 1. The molecule has 2 aliphatic rings. The molecule has 2 N–H and O–H groups in total. The molecular weight excluding hydrogens is 212 g/mol. The summed E-state index contributed by atoms with van der Waals surface area (Å²) in [6, 6.07) is 6.95. The Kier molecular flexibility index (Phi) is 2.81. The van der Waals surface area contributed by atoms with Crippen LogP contribution in [0.15, 0.2) is 18.2 Å². The van der Waals surface area contributed by atoms with E-state index in [9.17, 15) is 0 Å². The van der Waals surface area contributed by atoms with E-state index in [-0.39, 0.29) is 0 Å². The van der Waals surface area contributed by atoms with Gasteiger partial charge in [-0.2, -0.15) is 0 Å². The first-order valence-corrected chi connectivity index (χ1v) is 6.49. The van der Waals surface area contributed by atoms with Crippen LogP contribution >= 0.6 is 0 Å². The minimum Gasteiger partial charge on any atom is -0.398 e. The summed E-state index contributed by atoms with van der Waals surface area (Å²) < 4.78 is 5.62. The molecule has 1 saturated carbocycles. The van der Waals surface area contributed by atoms with Gasteiger partial charge in [-0.05, 0) is 37.0 Å². The quantitative estimate of drug-likeness (QED) is 0.812. The van der Waals surface area contributed by atoms with Crippen molar-refractivity contribution in [2.45, 2.75) is 45.0 Å². The highest BCUT2D eigenvalue weighted by Gasteiger charge is 2.36. The third kappa shape index (κ3) is 1.94. The molecule has 3 rings (SSSR count). The van der Waals surface area contributed by atoms with Gasteiger partial charge in [0, 0.05) is 31.4 Å². The summed E-state index contributed by atoms with van der Waals surface area (Å²) in [5, 5.41) is 0. The third-order valence-electron chi connectivity index (χ3n) is 4.03. The number of benzene rings is 1. The van der Waals surface area contributed by atoms with Gasteiger partial charge in [-0.15, -0.1) is 0 Å². The second-order valence-corrected chi connectivity index (χ2v) is 5.09. The Morgan fingerprint density at radius 3 is 2.88 bits per heavy atom. The normalized spacial score (nSPS) is 27.8. The first-order chi connectivity index (χ1) is 8.28. The highest BCUT2D eigenvalue weighted by molar-refractivity contribution is 5.52. The predicted molar refractivity (Wildman–Crippen MR) is 68.5 cm³/mol. The van der Waals surface area contributed by atoms with Crippen molar-refractivity contribution < 1.29 is 4.74 Å². The number of nitrogens with two attached hydrogens (primary N) is 1. The van der Waals surface area contributed by atoms with Gasteiger partial charge in [0.25, 0.3) is 0 Å². The van der Waals surface area contributed by atoms with Crippen molar-refractivity contribution in [3.8, 4) is 0 Å². The minimum atomic E-state index is 0.492. The van der Waals surface area contributed by atoms with Crippen molar-refractivity contribution >= 4 is 5.69 Å². The molecule has 1 heterocycles. The average Bonchev–Trinajstić information content (AvgIpc) is 2.67. The van der Waals surface area contributed by atoms with Gasteiger partial charge in [0.15, 0.2) is 0 Å². The number of nitrogen functional groups attached to an aromatic ring is 1. The molecular formula is C14H20N2O. The van der Waals surface area contributed by atoms with E-state index >= 15 is 0 Å². The second-order valence-electron chi connectivity index (χ2n) is 5.09. The van der Waals surface area contributed by atoms with Crippen molar-refractivity contribution in [3.63, 3.8) is 0 Å². The first kappa shape index (κ1) is 11.1. The Balaban J connectivity index is 1.62. The van der Waals surface area contributed by atoms with E-state index in [1.54, 1.807) is 0 Å². The second kappa shape index (κ2) is 4.31. The summed E-state index contributed by atoms with van der Waals surface area (Å²) in [4.78, 5) is 2.54. The molecule has 1 fully saturated rings. The lowest BCUT2D eigenvalue weighted by Gasteiger charge is -2.40. The number of rotatable bonds is 3.